The Bertz CT molecular complexity index is 712. The Morgan fingerprint density at radius 2 is 1.58 bits per heavy atom. The molecule has 1 aliphatic heterocycles. The van der Waals surface area contributed by atoms with Gasteiger partial charge in [0.2, 0.25) is 11.8 Å². The van der Waals surface area contributed by atoms with E-state index in [2.05, 4.69) is 21.2 Å². The molecule has 0 aromatic heterocycles. The molecule has 0 radical (unpaired) electrons. The van der Waals surface area contributed by atoms with Crippen molar-refractivity contribution in [1.82, 2.24) is 0 Å². The van der Waals surface area contributed by atoms with E-state index in [9.17, 15) is 9.59 Å². The van der Waals surface area contributed by atoms with Crippen molar-refractivity contribution in [3.05, 3.63) is 59.7 Å². The number of rotatable bonds is 4. The molecule has 3 rings (SSSR count). The lowest BCUT2D eigenvalue weighted by molar-refractivity contribution is -0.122. The van der Waals surface area contributed by atoms with Crippen LogP contribution in [0.2, 0.25) is 0 Å². The van der Waals surface area contributed by atoms with Gasteiger partial charge < -0.3 is 10.2 Å². The summed E-state index contributed by atoms with van der Waals surface area (Å²) in [5.41, 5.74) is 4.30. The topological polar surface area (TPSA) is 49.4 Å². The van der Waals surface area contributed by atoms with E-state index in [1.54, 1.807) is 4.90 Å². The second-order valence-corrected chi connectivity index (χ2v) is 6.78. The Balaban J connectivity index is 0.000000251. The number of carbonyl (C=O) groups is 2. The number of aryl methyl sites for hydroxylation is 2. The van der Waals surface area contributed by atoms with Crippen molar-refractivity contribution in [2.45, 2.75) is 34.1 Å². The molecule has 1 fully saturated rings. The maximum absolute atomic E-state index is 11.2. The standard InChI is InChI=1S/C10H12BrNO.C10H11NO.CH4/c1-8-2-4-9(5-3-8)12-10(13)6-7-11;1-8-2-4-9(5-3-8)11-7-6-10(11)12;/h2-5H,6-7H2,1H3,(H,12,13);2-5H,6-7H2,1H3;1H4. The fourth-order valence-corrected chi connectivity index (χ4v) is 2.62. The fraction of sp³-hybridized carbons (Fsp3) is 0.333. The number of benzene rings is 2. The van der Waals surface area contributed by atoms with E-state index >= 15 is 0 Å². The molecule has 2 amide bonds. The molecule has 1 heterocycles. The normalized spacial score (nSPS) is 12.3. The predicted octanol–water partition coefficient (Wildman–Crippen LogP) is 5.09. The summed E-state index contributed by atoms with van der Waals surface area (Å²) >= 11 is 3.21. The molecule has 2 aromatic carbocycles. The minimum atomic E-state index is 0. The van der Waals surface area contributed by atoms with E-state index in [-0.39, 0.29) is 19.2 Å². The summed E-state index contributed by atoms with van der Waals surface area (Å²) in [5, 5.41) is 3.50. The lowest BCUT2D eigenvalue weighted by Gasteiger charge is -2.30. The molecule has 0 unspecified atom stereocenters. The van der Waals surface area contributed by atoms with Crippen molar-refractivity contribution in [3.63, 3.8) is 0 Å². The highest BCUT2D eigenvalue weighted by atomic mass is 79.9. The van der Waals surface area contributed by atoms with Gasteiger partial charge in [-0.1, -0.05) is 58.7 Å². The number of amides is 2. The molecule has 26 heavy (non-hydrogen) atoms. The van der Waals surface area contributed by atoms with Crippen LogP contribution in [0.1, 0.15) is 31.4 Å². The van der Waals surface area contributed by atoms with Crippen LogP contribution in [-0.4, -0.2) is 23.7 Å². The number of hydrogen-bond acceptors (Lipinski definition) is 2. The van der Waals surface area contributed by atoms with Crippen molar-refractivity contribution in [1.29, 1.82) is 0 Å². The summed E-state index contributed by atoms with van der Waals surface area (Å²) in [4.78, 5) is 24.0. The second-order valence-electron chi connectivity index (χ2n) is 5.98. The molecule has 1 saturated heterocycles. The van der Waals surface area contributed by atoms with Crippen LogP contribution < -0.4 is 10.2 Å². The van der Waals surface area contributed by atoms with Gasteiger partial charge in [0.15, 0.2) is 0 Å². The minimum absolute atomic E-state index is 0. The van der Waals surface area contributed by atoms with Crippen molar-refractivity contribution >= 4 is 39.1 Å². The third-order valence-electron chi connectivity index (χ3n) is 3.85. The van der Waals surface area contributed by atoms with Crippen LogP contribution in [0.4, 0.5) is 11.4 Å². The summed E-state index contributed by atoms with van der Waals surface area (Å²) in [5.74, 6) is 0.277. The first kappa shape index (κ1) is 21.9. The number of nitrogens with one attached hydrogen (secondary N) is 1. The van der Waals surface area contributed by atoms with Gasteiger partial charge in [0.25, 0.3) is 0 Å². The molecule has 0 atom stereocenters. The van der Waals surface area contributed by atoms with Crippen LogP contribution >= 0.6 is 15.9 Å². The number of nitrogens with zero attached hydrogens (tertiary/aromatic N) is 1. The first-order valence-electron chi connectivity index (χ1n) is 8.29. The second kappa shape index (κ2) is 10.8. The van der Waals surface area contributed by atoms with Gasteiger partial charge in [0.05, 0.1) is 0 Å². The molecular weight excluding hydrogens is 392 g/mol. The molecule has 1 aliphatic rings. The van der Waals surface area contributed by atoms with Gasteiger partial charge in [-0.3, -0.25) is 9.59 Å². The first-order valence-corrected chi connectivity index (χ1v) is 9.41. The first-order chi connectivity index (χ1) is 12.0. The van der Waals surface area contributed by atoms with Gasteiger partial charge in [0, 0.05) is 36.1 Å². The van der Waals surface area contributed by atoms with Gasteiger partial charge in [-0.2, -0.15) is 0 Å². The zero-order valence-corrected chi connectivity index (χ0v) is 16.2. The van der Waals surface area contributed by atoms with E-state index in [0.29, 0.717) is 18.2 Å². The Labute approximate surface area is 164 Å². The van der Waals surface area contributed by atoms with Crippen LogP contribution in [0.5, 0.6) is 0 Å². The van der Waals surface area contributed by atoms with Gasteiger partial charge in [-0.15, -0.1) is 0 Å². The monoisotopic (exact) mass is 418 g/mol. The van der Waals surface area contributed by atoms with Crippen LogP contribution in [0.3, 0.4) is 0 Å². The molecule has 1 N–H and O–H groups in total. The van der Waals surface area contributed by atoms with E-state index in [1.165, 1.54) is 11.1 Å². The van der Waals surface area contributed by atoms with E-state index in [4.69, 9.17) is 0 Å². The molecule has 0 saturated carbocycles. The maximum atomic E-state index is 11.2. The number of carbonyl (C=O) groups excluding carboxylic acids is 2. The highest BCUT2D eigenvalue weighted by Gasteiger charge is 2.24. The Kier molecular flexibility index (Phi) is 9.07. The molecule has 140 valence electrons. The van der Waals surface area contributed by atoms with Crippen LogP contribution in [0, 0.1) is 13.8 Å². The lowest BCUT2D eigenvalue weighted by Crippen LogP contribution is -2.43. The Hall–Kier alpha value is -2.14. The summed E-state index contributed by atoms with van der Waals surface area (Å²) in [7, 11) is 0. The molecule has 0 spiro atoms. The third kappa shape index (κ3) is 6.64. The number of anilines is 2. The van der Waals surface area contributed by atoms with Gasteiger partial charge >= 0.3 is 0 Å². The molecule has 5 heteroatoms. The summed E-state index contributed by atoms with van der Waals surface area (Å²) in [6.07, 6.45) is 1.21. The summed E-state index contributed by atoms with van der Waals surface area (Å²) in [6, 6.07) is 15.8. The minimum Gasteiger partial charge on any atom is -0.326 e. The third-order valence-corrected chi connectivity index (χ3v) is 4.25. The summed E-state index contributed by atoms with van der Waals surface area (Å²) < 4.78 is 0. The number of halogens is 1. The van der Waals surface area contributed by atoms with Crippen molar-refractivity contribution in [2.24, 2.45) is 0 Å². The maximum Gasteiger partial charge on any atom is 0.228 e. The van der Waals surface area contributed by atoms with Gasteiger partial charge in [-0.25, -0.2) is 0 Å². The van der Waals surface area contributed by atoms with Crippen molar-refractivity contribution in [2.75, 3.05) is 22.1 Å². The van der Waals surface area contributed by atoms with E-state index < -0.39 is 0 Å². The molecular formula is C21H27BrN2O2. The van der Waals surface area contributed by atoms with Gasteiger partial charge in [-0.05, 0) is 38.1 Å². The zero-order valence-electron chi connectivity index (χ0n) is 14.6. The Morgan fingerprint density at radius 1 is 1.04 bits per heavy atom. The zero-order chi connectivity index (χ0) is 18.2. The highest BCUT2D eigenvalue weighted by molar-refractivity contribution is 9.09. The molecule has 4 nitrogen and oxygen atoms in total. The SMILES string of the molecule is C.Cc1ccc(N2CCC2=O)cc1.Cc1ccc(NC(=O)CCBr)cc1. The average molecular weight is 419 g/mol. The quantitative estimate of drug-likeness (QED) is 0.555. The molecule has 2 aromatic rings. The molecule has 0 bridgehead atoms. The number of β-lactam (4-membered cyclic amide) rings is 1. The van der Waals surface area contributed by atoms with E-state index in [1.807, 2.05) is 62.4 Å². The Morgan fingerprint density at radius 3 is 2.00 bits per heavy atom. The van der Waals surface area contributed by atoms with Gasteiger partial charge in [0.1, 0.15) is 0 Å². The summed E-state index contributed by atoms with van der Waals surface area (Å²) in [6.45, 7) is 4.94. The van der Waals surface area contributed by atoms with Crippen molar-refractivity contribution in [3.8, 4) is 0 Å². The molecule has 0 aliphatic carbocycles. The largest absolute Gasteiger partial charge is 0.326 e. The fourth-order valence-electron chi connectivity index (χ4n) is 2.26. The average Bonchev–Trinajstić information content (AvgIpc) is 2.58. The smallest absolute Gasteiger partial charge is 0.228 e. The van der Waals surface area contributed by atoms with E-state index in [0.717, 1.165) is 17.9 Å². The van der Waals surface area contributed by atoms with Crippen molar-refractivity contribution < 1.29 is 9.59 Å². The number of alkyl halides is 1. The van der Waals surface area contributed by atoms with Crippen LogP contribution in [0.25, 0.3) is 0 Å². The van der Waals surface area contributed by atoms with Crippen LogP contribution in [-0.2, 0) is 9.59 Å². The lowest BCUT2D eigenvalue weighted by atomic mass is 10.1. The predicted molar refractivity (Wildman–Crippen MR) is 113 cm³/mol. The van der Waals surface area contributed by atoms with Crippen LogP contribution in [0.15, 0.2) is 48.5 Å². The number of hydrogen-bond donors (Lipinski definition) is 1. The highest BCUT2D eigenvalue weighted by Crippen LogP contribution is 2.21.